The number of thioether (sulfide) groups is 1. The van der Waals surface area contributed by atoms with Crippen LogP contribution >= 0.6 is 11.8 Å². The normalized spacial score (nSPS) is 12.8. The molecule has 4 rings (SSSR count). The minimum absolute atomic E-state index is 0.0619. The lowest BCUT2D eigenvalue weighted by molar-refractivity contribution is 0.102. The van der Waals surface area contributed by atoms with Gasteiger partial charge in [-0.1, -0.05) is 23.9 Å². The summed E-state index contributed by atoms with van der Waals surface area (Å²) in [5.41, 5.74) is 1.47. The number of anilines is 1. The molecule has 7 nitrogen and oxygen atoms in total. The Hall–Kier alpha value is -2.87. The van der Waals surface area contributed by atoms with Gasteiger partial charge >= 0.3 is 0 Å². The maximum absolute atomic E-state index is 12.4. The van der Waals surface area contributed by atoms with E-state index in [9.17, 15) is 9.59 Å². The van der Waals surface area contributed by atoms with Crippen molar-refractivity contribution < 1.29 is 4.79 Å². The summed E-state index contributed by atoms with van der Waals surface area (Å²) in [5.74, 6) is 0.370. The van der Waals surface area contributed by atoms with E-state index in [4.69, 9.17) is 0 Å². The van der Waals surface area contributed by atoms with Crippen molar-refractivity contribution in [1.29, 1.82) is 0 Å². The molecule has 0 spiro atoms. The second kappa shape index (κ2) is 6.56. The minimum atomic E-state index is -0.440. The molecule has 1 aliphatic heterocycles. The number of amides is 1. The number of rotatable bonds is 4. The maximum atomic E-state index is 12.4. The lowest BCUT2D eigenvalue weighted by atomic mass is 10.2. The van der Waals surface area contributed by atoms with E-state index >= 15 is 0 Å². The van der Waals surface area contributed by atoms with E-state index in [0.717, 1.165) is 11.3 Å². The van der Waals surface area contributed by atoms with E-state index in [1.54, 1.807) is 10.8 Å². The van der Waals surface area contributed by atoms with Crippen molar-refractivity contribution in [3.8, 4) is 0 Å². The van der Waals surface area contributed by atoms with E-state index in [2.05, 4.69) is 15.4 Å². The molecule has 1 aromatic carbocycles. The highest BCUT2D eigenvalue weighted by Gasteiger charge is 2.19. The van der Waals surface area contributed by atoms with Crippen molar-refractivity contribution in [3.05, 3.63) is 70.4 Å². The Kier molecular flexibility index (Phi) is 4.10. The predicted molar refractivity (Wildman–Crippen MR) is 94.9 cm³/mol. The number of hydrogen-bond acceptors (Lipinski definition) is 5. The molecule has 0 unspecified atom stereocenters. The number of carbonyl (C=O) groups is 1. The SMILES string of the molecule is O=C(Nc1ccc(Cn2cccn2)cc1)c1cnc2n(c1=O)CCS2. The minimum Gasteiger partial charge on any atom is -0.322 e. The van der Waals surface area contributed by atoms with Crippen molar-refractivity contribution in [2.45, 2.75) is 18.2 Å². The van der Waals surface area contributed by atoms with E-state index in [-0.39, 0.29) is 11.1 Å². The number of hydrogen-bond donors (Lipinski definition) is 1. The fourth-order valence-electron chi connectivity index (χ4n) is 2.65. The highest BCUT2D eigenvalue weighted by atomic mass is 32.2. The molecule has 8 heteroatoms. The summed E-state index contributed by atoms with van der Waals surface area (Å²) in [7, 11) is 0. The Morgan fingerprint density at radius 1 is 1.28 bits per heavy atom. The van der Waals surface area contributed by atoms with Gasteiger partial charge in [0.05, 0.1) is 6.54 Å². The van der Waals surface area contributed by atoms with E-state index in [1.807, 2.05) is 41.2 Å². The lowest BCUT2D eigenvalue weighted by Crippen LogP contribution is -2.29. The van der Waals surface area contributed by atoms with Crippen LogP contribution in [-0.4, -0.2) is 31.0 Å². The Bertz CT molecular complexity index is 964. The monoisotopic (exact) mass is 353 g/mol. The number of fused-ring (bicyclic) bond motifs is 1. The largest absolute Gasteiger partial charge is 0.322 e. The Balaban J connectivity index is 1.49. The Morgan fingerprint density at radius 2 is 2.12 bits per heavy atom. The van der Waals surface area contributed by atoms with Crippen molar-refractivity contribution >= 4 is 23.4 Å². The molecular weight excluding hydrogens is 338 g/mol. The highest BCUT2D eigenvalue weighted by molar-refractivity contribution is 7.99. The zero-order valence-corrected chi connectivity index (χ0v) is 14.1. The molecule has 3 aromatic rings. The average Bonchev–Trinajstić information content (AvgIpc) is 3.28. The average molecular weight is 353 g/mol. The van der Waals surface area contributed by atoms with Crippen molar-refractivity contribution in [1.82, 2.24) is 19.3 Å². The first-order valence-corrected chi connectivity index (χ1v) is 8.79. The van der Waals surface area contributed by atoms with Gasteiger partial charge in [0.1, 0.15) is 5.56 Å². The quantitative estimate of drug-likeness (QED) is 0.724. The predicted octanol–water partition coefficient (Wildman–Crippen LogP) is 1.85. The van der Waals surface area contributed by atoms with Gasteiger partial charge in [-0.05, 0) is 23.8 Å². The fourth-order valence-corrected chi connectivity index (χ4v) is 3.56. The lowest BCUT2D eigenvalue weighted by Gasteiger charge is -2.08. The summed E-state index contributed by atoms with van der Waals surface area (Å²) in [6, 6.07) is 9.33. The van der Waals surface area contributed by atoms with Crippen molar-refractivity contribution in [2.75, 3.05) is 11.1 Å². The third-order valence-corrected chi connectivity index (χ3v) is 4.89. The first-order chi connectivity index (χ1) is 12.2. The molecule has 0 fully saturated rings. The smallest absolute Gasteiger partial charge is 0.267 e. The van der Waals surface area contributed by atoms with Crippen LogP contribution in [0.4, 0.5) is 5.69 Å². The molecule has 3 heterocycles. The first kappa shape index (κ1) is 15.6. The summed E-state index contributed by atoms with van der Waals surface area (Å²) in [6.07, 6.45) is 4.98. The standard InChI is InChI=1S/C17H15N5O2S/c23-15(14-10-18-17-22(16(14)24)8-9-25-17)20-13-4-2-12(3-5-13)11-21-7-1-6-19-21/h1-7,10H,8-9,11H2,(H,20,23). The van der Waals surface area contributed by atoms with Crippen LogP contribution in [0.2, 0.25) is 0 Å². The molecule has 25 heavy (non-hydrogen) atoms. The summed E-state index contributed by atoms with van der Waals surface area (Å²) in [6.45, 7) is 1.25. The number of aromatic nitrogens is 4. The third kappa shape index (κ3) is 3.20. The van der Waals surface area contributed by atoms with Gasteiger partial charge in [0, 0.05) is 36.6 Å². The van der Waals surface area contributed by atoms with Crippen LogP contribution in [0.25, 0.3) is 0 Å². The molecule has 0 saturated carbocycles. The molecule has 0 radical (unpaired) electrons. The number of nitrogens with zero attached hydrogens (tertiary/aromatic N) is 4. The molecule has 0 aliphatic carbocycles. The molecule has 1 aliphatic rings. The molecule has 0 atom stereocenters. The van der Waals surface area contributed by atoms with E-state index in [0.29, 0.717) is 23.9 Å². The molecule has 0 bridgehead atoms. The van der Waals surface area contributed by atoms with Crippen molar-refractivity contribution in [3.63, 3.8) is 0 Å². The molecule has 1 amide bonds. The van der Waals surface area contributed by atoms with Gasteiger partial charge in [0.15, 0.2) is 5.16 Å². The van der Waals surface area contributed by atoms with Gasteiger partial charge < -0.3 is 5.32 Å². The number of benzene rings is 1. The second-order valence-corrected chi connectivity index (χ2v) is 6.68. The van der Waals surface area contributed by atoms with Gasteiger partial charge in [-0.15, -0.1) is 0 Å². The van der Waals surface area contributed by atoms with Crippen LogP contribution < -0.4 is 10.9 Å². The number of carbonyl (C=O) groups excluding carboxylic acids is 1. The second-order valence-electron chi connectivity index (χ2n) is 5.61. The number of nitrogens with one attached hydrogen (secondary N) is 1. The summed E-state index contributed by atoms with van der Waals surface area (Å²) in [5, 5.41) is 7.59. The van der Waals surface area contributed by atoms with Gasteiger partial charge in [-0.3, -0.25) is 18.8 Å². The summed E-state index contributed by atoms with van der Waals surface area (Å²) in [4.78, 5) is 28.9. The third-order valence-electron chi connectivity index (χ3n) is 3.92. The Morgan fingerprint density at radius 3 is 2.88 bits per heavy atom. The topological polar surface area (TPSA) is 81.8 Å². The highest BCUT2D eigenvalue weighted by Crippen LogP contribution is 2.20. The van der Waals surface area contributed by atoms with Gasteiger partial charge in [0.25, 0.3) is 11.5 Å². The van der Waals surface area contributed by atoms with E-state index < -0.39 is 5.91 Å². The van der Waals surface area contributed by atoms with Crippen LogP contribution in [0, 0.1) is 0 Å². The van der Waals surface area contributed by atoms with Crippen LogP contribution in [0.15, 0.2) is 58.9 Å². The van der Waals surface area contributed by atoms with Crippen LogP contribution in [-0.2, 0) is 13.1 Å². The zero-order chi connectivity index (χ0) is 17.2. The molecular formula is C17H15N5O2S. The van der Waals surface area contributed by atoms with Gasteiger partial charge in [0.2, 0.25) is 0 Å². The van der Waals surface area contributed by atoms with Crippen molar-refractivity contribution in [2.24, 2.45) is 0 Å². The molecule has 0 saturated heterocycles. The molecule has 1 N–H and O–H groups in total. The maximum Gasteiger partial charge on any atom is 0.267 e. The summed E-state index contributed by atoms with van der Waals surface area (Å²) >= 11 is 1.52. The molecule has 126 valence electrons. The van der Waals surface area contributed by atoms with Crippen LogP contribution in [0.1, 0.15) is 15.9 Å². The Labute approximate surface area is 147 Å². The zero-order valence-electron chi connectivity index (χ0n) is 13.3. The van der Waals surface area contributed by atoms with Gasteiger partial charge in [-0.2, -0.15) is 5.10 Å². The summed E-state index contributed by atoms with van der Waals surface area (Å²) < 4.78 is 3.37. The fraction of sp³-hybridized carbons (Fsp3) is 0.176. The first-order valence-electron chi connectivity index (χ1n) is 7.81. The van der Waals surface area contributed by atoms with Crippen LogP contribution in [0.5, 0.6) is 0 Å². The van der Waals surface area contributed by atoms with Gasteiger partial charge in [-0.25, -0.2) is 4.98 Å². The van der Waals surface area contributed by atoms with Crippen LogP contribution in [0.3, 0.4) is 0 Å². The molecule has 2 aromatic heterocycles. The van der Waals surface area contributed by atoms with E-state index in [1.165, 1.54) is 18.0 Å².